The van der Waals surface area contributed by atoms with Crippen LogP contribution in [0, 0.1) is 0 Å². The second kappa shape index (κ2) is 9.65. The van der Waals surface area contributed by atoms with Gasteiger partial charge in [-0.15, -0.1) is 0 Å². The molecular formula is C23H24Cl2N2O3. The molecule has 1 heterocycles. The van der Waals surface area contributed by atoms with E-state index < -0.39 is 17.7 Å². The van der Waals surface area contributed by atoms with Crippen molar-refractivity contribution >= 4 is 40.7 Å². The van der Waals surface area contributed by atoms with Gasteiger partial charge in [0.1, 0.15) is 5.76 Å². The first-order chi connectivity index (χ1) is 14.4. The number of nitrogens with zero attached hydrogens (tertiary/aromatic N) is 2. The van der Waals surface area contributed by atoms with Crippen LogP contribution in [0.1, 0.15) is 31.0 Å². The maximum Gasteiger partial charge on any atom is 0.295 e. The molecule has 5 nitrogen and oxygen atoms in total. The van der Waals surface area contributed by atoms with E-state index >= 15 is 0 Å². The molecule has 30 heavy (non-hydrogen) atoms. The zero-order valence-corrected chi connectivity index (χ0v) is 18.5. The zero-order valence-electron chi connectivity index (χ0n) is 16.9. The number of amides is 1. The Kier molecular flexibility index (Phi) is 7.19. The molecular weight excluding hydrogens is 423 g/mol. The number of benzene rings is 2. The number of carbonyl (C=O) groups is 2. The molecule has 1 aliphatic rings. The third-order valence-electron chi connectivity index (χ3n) is 5.37. The van der Waals surface area contributed by atoms with Gasteiger partial charge in [0.25, 0.3) is 11.7 Å². The van der Waals surface area contributed by atoms with E-state index in [0.29, 0.717) is 34.3 Å². The second-order valence-corrected chi connectivity index (χ2v) is 7.95. The van der Waals surface area contributed by atoms with Gasteiger partial charge < -0.3 is 14.9 Å². The average Bonchev–Trinajstić information content (AvgIpc) is 2.99. The lowest BCUT2D eigenvalue weighted by Crippen LogP contribution is -2.38. The number of likely N-dealkylation sites (tertiary alicyclic amines) is 1. The number of carbonyl (C=O) groups excluding carboxylic acids is 2. The fourth-order valence-electron chi connectivity index (χ4n) is 3.69. The van der Waals surface area contributed by atoms with Crippen LogP contribution in [-0.4, -0.2) is 52.8 Å². The molecule has 1 aliphatic heterocycles. The molecule has 0 aromatic heterocycles. The van der Waals surface area contributed by atoms with Crippen molar-refractivity contribution in [3.8, 4) is 0 Å². The van der Waals surface area contributed by atoms with Crippen molar-refractivity contribution in [3.63, 3.8) is 0 Å². The van der Waals surface area contributed by atoms with E-state index in [2.05, 4.69) is 4.90 Å². The Bertz CT molecular complexity index is 969. The van der Waals surface area contributed by atoms with Gasteiger partial charge >= 0.3 is 0 Å². The largest absolute Gasteiger partial charge is 0.507 e. The van der Waals surface area contributed by atoms with Crippen LogP contribution in [0.5, 0.6) is 0 Å². The van der Waals surface area contributed by atoms with Crippen LogP contribution in [0.3, 0.4) is 0 Å². The SMILES string of the molecule is CCN(CC)CCN1C(=O)C(=O)/C(=C(/O)c2ccc(Cl)cc2)[C@H]1c1cccc(Cl)c1. The number of likely N-dealkylation sites (N-methyl/N-ethyl adjacent to an activating group) is 1. The molecule has 1 atom stereocenters. The van der Waals surface area contributed by atoms with Crippen molar-refractivity contribution in [1.29, 1.82) is 0 Å². The van der Waals surface area contributed by atoms with Crippen molar-refractivity contribution in [2.24, 2.45) is 0 Å². The molecule has 0 spiro atoms. The van der Waals surface area contributed by atoms with E-state index in [9.17, 15) is 14.7 Å². The molecule has 1 N–H and O–H groups in total. The summed E-state index contributed by atoms with van der Waals surface area (Å²) in [5.74, 6) is -1.55. The van der Waals surface area contributed by atoms with Crippen molar-refractivity contribution in [2.45, 2.75) is 19.9 Å². The van der Waals surface area contributed by atoms with Gasteiger partial charge in [-0.2, -0.15) is 0 Å². The van der Waals surface area contributed by atoms with Gasteiger partial charge in [0.2, 0.25) is 0 Å². The van der Waals surface area contributed by atoms with Crippen LogP contribution < -0.4 is 0 Å². The zero-order chi connectivity index (χ0) is 21.8. The maximum atomic E-state index is 13.0. The summed E-state index contributed by atoms with van der Waals surface area (Å²) in [5.41, 5.74) is 1.16. The summed E-state index contributed by atoms with van der Waals surface area (Å²) in [6.45, 7) is 6.76. The topological polar surface area (TPSA) is 60.9 Å². The van der Waals surface area contributed by atoms with E-state index in [0.717, 1.165) is 13.1 Å². The van der Waals surface area contributed by atoms with E-state index in [1.54, 1.807) is 42.5 Å². The van der Waals surface area contributed by atoms with Gasteiger partial charge in [-0.25, -0.2) is 0 Å². The van der Waals surface area contributed by atoms with Gasteiger partial charge in [-0.3, -0.25) is 9.59 Å². The molecule has 1 fully saturated rings. The minimum Gasteiger partial charge on any atom is -0.507 e. The molecule has 0 saturated carbocycles. The van der Waals surface area contributed by atoms with Gasteiger partial charge in [0.05, 0.1) is 11.6 Å². The average molecular weight is 447 g/mol. The first-order valence-electron chi connectivity index (χ1n) is 9.89. The molecule has 3 rings (SSSR count). The lowest BCUT2D eigenvalue weighted by atomic mass is 9.95. The highest BCUT2D eigenvalue weighted by atomic mass is 35.5. The minimum atomic E-state index is -0.713. The predicted octanol–water partition coefficient (Wildman–Crippen LogP) is 4.76. The summed E-state index contributed by atoms with van der Waals surface area (Å²) >= 11 is 12.1. The van der Waals surface area contributed by atoms with E-state index in [-0.39, 0.29) is 11.3 Å². The van der Waals surface area contributed by atoms with Crippen molar-refractivity contribution in [3.05, 3.63) is 75.3 Å². The molecule has 1 amide bonds. The number of aliphatic hydroxyl groups excluding tert-OH is 1. The highest BCUT2D eigenvalue weighted by Gasteiger charge is 2.46. The second-order valence-electron chi connectivity index (χ2n) is 7.08. The Morgan fingerprint density at radius 3 is 2.30 bits per heavy atom. The molecule has 2 aromatic rings. The third kappa shape index (κ3) is 4.53. The number of rotatable bonds is 7. The molecule has 2 aromatic carbocycles. The lowest BCUT2D eigenvalue weighted by molar-refractivity contribution is -0.140. The van der Waals surface area contributed by atoms with Crippen molar-refractivity contribution < 1.29 is 14.7 Å². The molecule has 1 saturated heterocycles. The summed E-state index contributed by atoms with van der Waals surface area (Å²) in [7, 11) is 0. The first-order valence-corrected chi connectivity index (χ1v) is 10.6. The summed E-state index contributed by atoms with van der Waals surface area (Å²) in [6.07, 6.45) is 0. The summed E-state index contributed by atoms with van der Waals surface area (Å²) in [5, 5.41) is 12.0. The predicted molar refractivity (Wildman–Crippen MR) is 120 cm³/mol. The Hall–Kier alpha value is -2.34. The summed E-state index contributed by atoms with van der Waals surface area (Å²) < 4.78 is 0. The number of aliphatic hydroxyl groups is 1. The molecule has 7 heteroatoms. The number of hydrogen-bond acceptors (Lipinski definition) is 4. The molecule has 158 valence electrons. The summed E-state index contributed by atoms with van der Waals surface area (Å²) in [4.78, 5) is 29.6. The summed E-state index contributed by atoms with van der Waals surface area (Å²) in [6, 6.07) is 12.8. The highest BCUT2D eigenvalue weighted by Crippen LogP contribution is 2.39. The minimum absolute atomic E-state index is 0.0594. The lowest BCUT2D eigenvalue weighted by Gasteiger charge is -2.28. The number of hydrogen-bond donors (Lipinski definition) is 1. The number of Topliss-reactive ketones (excluding diaryl/α,β-unsaturated/α-hetero) is 1. The Morgan fingerprint density at radius 1 is 1.03 bits per heavy atom. The highest BCUT2D eigenvalue weighted by molar-refractivity contribution is 6.46. The Morgan fingerprint density at radius 2 is 1.70 bits per heavy atom. The molecule has 0 radical (unpaired) electrons. The Balaban J connectivity index is 2.09. The van der Waals surface area contributed by atoms with Gasteiger partial charge in [-0.05, 0) is 55.1 Å². The van der Waals surface area contributed by atoms with Crippen LogP contribution >= 0.6 is 23.2 Å². The van der Waals surface area contributed by atoms with E-state index in [1.807, 2.05) is 19.9 Å². The number of halogens is 2. The van der Waals surface area contributed by atoms with Crippen LogP contribution in [-0.2, 0) is 9.59 Å². The third-order valence-corrected chi connectivity index (χ3v) is 5.86. The van der Waals surface area contributed by atoms with Crippen LogP contribution in [0.25, 0.3) is 5.76 Å². The van der Waals surface area contributed by atoms with Crippen LogP contribution in [0.4, 0.5) is 0 Å². The fourth-order valence-corrected chi connectivity index (χ4v) is 4.01. The van der Waals surface area contributed by atoms with Gasteiger partial charge in [0.15, 0.2) is 0 Å². The van der Waals surface area contributed by atoms with E-state index in [1.165, 1.54) is 4.90 Å². The standard InChI is InChI=1S/C23H24Cl2N2O3/c1-3-26(4-2)12-13-27-20(16-6-5-7-18(25)14-16)19(22(29)23(27)30)21(28)15-8-10-17(24)11-9-15/h5-11,14,20,28H,3-4,12-13H2,1-2H3/b21-19+/t20-/m1/s1. The first kappa shape index (κ1) is 22.3. The van der Waals surface area contributed by atoms with E-state index in [4.69, 9.17) is 23.2 Å². The van der Waals surface area contributed by atoms with Crippen LogP contribution in [0.15, 0.2) is 54.1 Å². The normalized spacial score (nSPS) is 18.4. The fraction of sp³-hybridized carbons (Fsp3) is 0.304. The maximum absolute atomic E-state index is 13.0. The number of ketones is 1. The van der Waals surface area contributed by atoms with Crippen LogP contribution in [0.2, 0.25) is 10.0 Å². The van der Waals surface area contributed by atoms with Gasteiger partial charge in [0, 0.05) is 28.7 Å². The van der Waals surface area contributed by atoms with Crippen molar-refractivity contribution in [2.75, 3.05) is 26.2 Å². The molecule has 0 unspecified atom stereocenters. The molecule has 0 aliphatic carbocycles. The molecule has 0 bridgehead atoms. The van der Waals surface area contributed by atoms with Crippen molar-refractivity contribution in [1.82, 2.24) is 9.80 Å². The quantitative estimate of drug-likeness (QED) is 0.378. The Labute approximate surface area is 186 Å². The monoisotopic (exact) mass is 446 g/mol. The van der Waals surface area contributed by atoms with Gasteiger partial charge in [-0.1, -0.05) is 49.2 Å². The smallest absolute Gasteiger partial charge is 0.295 e.